The predicted octanol–water partition coefficient (Wildman–Crippen LogP) is 3.44. The van der Waals surface area contributed by atoms with Crippen LogP contribution in [-0.2, 0) is 0 Å². The number of thioether (sulfide) groups is 1. The molecule has 0 fully saturated rings. The van der Waals surface area contributed by atoms with E-state index in [9.17, 15) is 9.59 Å². The molecule has 2 aromatic carbocycles. The number of nitrogens with two attached hydrogens (primary N) is 2. The topological polar surface area (TPSA) is 202 Å². The highest BCUT2D eigenvalue weighted by Gasteiger charge is 2.15. The second-order valence-corrected chi connectivity index (χ2v) is 6.99. The molecular weight excluding hydrogens is 458 g/mol. The summed E-state index contributed by atoms with van der Waals surface area (Å²) in [6.07, 6.45) is 1.90. The molecule has 0 aliphatic rings. The zero-order valence-corrected chi connectivity index (χ0v) is 19.3. The van der Waals surface area contributed by atoms with Crippen LogP contribution in [0, 0.1) is 11.3 Å². The summed E-state index contributed by atoms with van der Waals surface area (Å²) >= 11 is 1.49. The molecule has 0 atom stereocenters. The number of aromatic carboxylic acids is 2. The minimum Gasteiger partial charge on any atom is -0.476 e. The number of aromatic nitrogens is 4. The Labute approximate surface area is 198 Å². The number of nitrogens with zero attached hydrogens (tertiary/aromatic N) is 5. The number of hydrogen-bond donors (Lipinski definition) is 4. The van der Waals surface area contributed by atoms with Gasteiger partial charge in [0.2, 0.25) is 11.9 Å². The number of carboxylic acids is 2. The van der Waals surface area contributed by atoms with Crippen molar-refractivity contribution < 1.29 is 19.8 Å². The fourth-order valence-electron chi connectivity index (χ4n) is 2.89. The van der Waals surface area contributed by atoms with Crippen LogP contribution >= 0.6 is 11.8 Å². The SMILES string of the molecule is CC.CSc1cccc2c(C(=O)O)nc(N)nc12.N#Cc1cccc2c(C(=O)O)nc(N)nc12. The van der Waals surface area contributed by atoms with Crippen LogP contribution in [0.25, 0.3) is 21.8 Å². The molecular formula is C22H21N7O4S. The fraction of sp³-hybridized carbons (Fsp3) is 0.136. The van der Waals surface area contributed by atoms with E-state index in [1.807, 2.05) is 32.2 Å². The minimum atomic E-state index is -1.20. The Morgan fingerprint density at radius 2 is 1.32 bits per heavy atom. The van der Waals surface area contributed by atoms with Crippen molar-refractivity contribution in [3.05, 3.63) is 53.3 Å². The highest BCUT2D eigenvalue weighted by Crippen LogP contribution is 2.26. The molecule has 0 amide bonds. The van der Waals surface area contributed by atoms with Gasteiger partial charge in [-0.15, -0.1) is 11.8 Å². The van der Waals surface area contributed by atoms with Crippen molar-refractivity contribution >= 4 is 57.4 Å². The van der Waals surface area contributed by atoms with Gasteiger partial charge in [0.15, 0.2) is 11.4 Å². The summed E-state index contributed by atoms with van der Waals surface area (Å²) in [7, 11) is 0. The summed E-state index contributed by atoms with van der Waals surface area (Å²) in [6, 6.07) is 11.9. The van der Waals surface area contributed by atoms with E-state index < -0.39 is 11.9 Å². The number of nitriles is 1. The highest BCUT2D eigenvalue weighted by atomic mass is 32.2. The van der Waals surface area contributed by atoms with Crippen LogP contribution < -0.4 is 11.5 Å². The number of benzene rings is 2. The smallest absolute Gasteiger partial charge is 0.355 e. The Balaban J connectivity index is 0.000000224. The first kappa shape index (κ1) is 25.8. The number of nitrogen functional groups attached to an aromatic ring is 2. The molecule has 2 heterocycles. The monoisotopic (exact) mass is 479 g/mol. The van der Waals surface area contributed by atoms with Gasteiger partial charge in [-0.1, -0.05) is 38.1 Å². The maximum Gasteiger partial charge on any atom is 0.355 e. The summed E-state index contributed by atoms with van der Waals surface area (Å²) in [5, 5.41) is 27.6. The second kappa shape index (κ2) is 11.4. The van der Waals surface area contributed by atoms with Crippen molar-refractivity contribution in [1.29, 1.82) is 5.26 Å². The largest absolute Gasteiger partial charge is 0.476 e. The molecule has 0 aliphatic carbocycles. The summed E-state index contributed by atoms with van der Waals surface area (Å²) in [5.74, 6) is -2.48. The average Bonchev–Trinajstić information content (AvgIpc) is 2.83. The van der Waals surface area contributed by atoms with Crippen LogP contribution in [-0.4, -0.2) is 48.3 Å². The van der Waals surface area contributed by atoms with Gasteiger partial charge in [-0.2, -0.15) is 5.26 Å². The van der Waals surface area contributed by atoms with Crippen LogP contribution in [0.5, 0.6) is 0 Å². The summed E-state index contributed by atoms with van der Waals surface area (Å²) in [6.45, 7) is 4.00. The first-order valence-corrected chi connectivity index (χ1v) is 11.0. The Morgan fingerprint density at radius 1 is 0.853 bits per heavy atom. The van der Waals surface area contributed by atoms with E-state index in [4.69, 9.17) is 26.9 Å². The lowest BCUT2D eigenvalue weighted by molar-refractivity contribution is 0.0682. The number of anilines is 2. The maximum absolute atomic E-state index is 11.0. The number of para-hydroxylation sites is 2. The zero-order valence-electron chi connectivity index (χ0n) is 18.5. The number of rotatable bonds is 3. The molecule has 2 aromatic heterocycles. The Kier molecular flexibility index (Phi) is 8.63. The molecule has 0 bridgehead atoms. The van der Waals surface area contributed by atoms with E-state index in [1.54, 1.807) is 30.3 Å². The lowest BCUT2D eigenvalue weighted by Crippen LogP contribution is -2.07. The molecule has 0 spiro atoms. The summed E-state index contributed by atoms with van der Waals surface area (Å²) in [4.78, 5) is 38.1. The predicted molar refractivity (Wildman–Crippen MR) is 130 cm³/mol. The zero-order chi connectivity index (χ0) is 25.4. The molecule has 174 valence electrons. The van der Waals surface area contributed by atoms with E-state index in [-0.39, 0.29) is 34.4 Å². The van der Waals surface area contributed by atoms with Crippen molar-refractivity contribution in [2.24, 2.45) is 0 Å². The van der Waals surface area contributed by atoms with Crippen LogP contribution in [0.15, 0.2) is 41.3 Å². The van der Waals surface area contributed by atoms with Crippen LogP contribution in [0.4, 0.5) is 11.9 Å². The van der Waals surface area contributed by atoms with E-state index in [0.29, 0.717) is 16.3 Å². The average molecular weight is 480 g/mol. The quantitative estimate of drug-likeness (QED) is 0.312. The first-order valence-electron chi connectivity index (χ1n) is 9.80. The molecule has 0 unspecified atom stereocenters. The molecule has 4 rings (SSSR count). The van der Waals surface area contributed by atoms with Gasteiger partial charge >= 0.3 is 11.9 Å². The van der Waals surface area contributed by atoms with Crippen molar-refractivity contribution in [3.8, 4) is 6.07 Å². The lowest BCUT2D eigenvalue weighted by Gasteiger charge is -2.05. The van der Waals surface area contributed by atoms with E-state index in [2.05, 4.69) is 19.9 Å². The third kappa shape index (κ3) is 5.45. The van der Waals surface area contributed by atoms with E-state index in [1.165, 1.54) is 11.8 Å². The highest BCUT2D eigenvalue weighted by molar-refractivity contribution is 7.98. The van der Waals surface area contributed by atoms with E-state index >= 15 is 0 Å². The van der Waals surface area contributed by atoms with Crippen molar-refractivity contribution in [2.45, 2.75) is 18.7 Å². The first-order chi connectivity index (χ1) is 16.3. The number of fused-ring (bicyclic) bond motifs is 2. The Morgan fingerprint density at radius 3 is 1.79 bits per heavy atom. The molecule has 11 nitrogen and oxygen atoms in total. The number of hydrogen-bond acceptors (Lipinski definition) is 10. The van der Waals surface area contributed by atoms with Gasteiger partial charge < -0.3 is 21.7 Å². The Hall–Kier alpha value is -4.50. The van der Waals surface area contributed by atoms with Crippen molar-refractivity contribution in [2.75, 3.05) is 17.7 Å². The molecule has 0 radical (unpaired) electrons. The molecule has 0 saturated heterocycles. The molecule has 34 heavy (non-hydrogen) atoms. The standard InChI is InChI=1S/C10H6N4O2.C10H9N3O2S.C2H6/c11-4-5-2-1-3-6-7(5)13-10(12)14-8(6)9(15)16;1-16-6-4-2-3-5-7(6)12-10(11)13-8(5)9(14)15;1-2/h1-3H,(H,15,16)(H2,12,13,14);2-4H,1H3,(H,14,15)(H2,11,12,13);1-2H3. The summed E-state index contributed by atoms with van der Waals surface area (Å²) in [5.41, 5.74) is 11.7. The van der Waals surface area contributed by atoms with Gasteiger partial charge in [0.25, 0.3) is 0 Å². The number of carboxylic acid groups (broad SMARTS) is 2. The minimum absolute atomic E-state index is 0.0219. The molecule has 0 aliphatic heterocycles. The third-order valence-corrected chi connectivity index (χ3v) is 4.97. The van der Waals surface area contributed by atoms with Gasteiger partial charge in [0, 0.05) is 15.7 Å². The van der Waals surface area contributed by atoms with Gasteiger partial charge in [-0.25, -0.2) is 29.5 Å². The van der Waals surface area contributed by atoms with E-state index in [0.717, 1.165) is 4.90 Å². The van der Waals surface area contributed by atoms with Crippen LogP contribution in [0.3, 0.4) is 0 Å². The van der Waals surface area contributed by atoms with Gasteiger partial charge in [0.1, 0.15) is 6.07 Å². The molecule has 6 N–H and O–H groups in total. The van der Waals surface area contributed by atoms with Crippen molar-refractivity contribution in [1.82, 2.24) is 19.9 Å². The lowest BCUT2D eigenvalue weighted by atomic mass is 10.1. The third-order valence-electron chi connectivity index (χ3n) is 4.20. The summed E-state index contributed by atoms with van der Waals surface area (Å²) < 4.78 is 0. The van der Waals surface area contributed by atoms with Crippen molar-refractivity contribution in [3.63, 3.8) is 0 Å². The number of carbonyl (C=O) groups is 2. The molecule has 4 aromatic rings. The normalized spacial score (nSPS) is 9.82. The van der Waals surface area contributed by atoms with Crippen LogP contribution in [0.2, 0.25) is 0 Å². The molecule has 0 saturated carbocycles. The van der Waals surface area contributed by atoms with Crippen LogP contribution in [0.1, 0.15) is 40.4 Å². The second-order valence-electron chi connectivity index (χ2n) is 6.14. The molecule has 12 heteroatoms. The fourth-order valence-corrected chi connectivity index (χ4v) is 3.46. The van der Waals surface area contributed by atoms with Gasteiger partial charge in [-0.05, 0) is 18.4 Å². The maximum atomic E-state index is 11.0. The Bertz CT molecular complexity index is 1420. The van der Waals surface area contributed by atoms with Gasteiger partial charge in [-0.3, -0.25) is 0 Å². The van der Waals surface area contributed by atoms with Gasteiger partial charge in [0.05, 0.1) is 16.6 Å².